The van der Waals surface area contributed by atoms with Crippen molar-refractivity contribution in [3.05, 3.63) is 23.8 Å². The molecule has 102 valence electrons. The Morgan fingerprint density at radius 2 is 2.16 bits per heavy atom. The van der Waals surface area contributed by atoms with Gasteiger partial charge in [0, 0.05) is 12.1 Å². The smallest absolute Gasteiger partial charge is 0.268 e. The van der Waals surface area contributed by atoms with Gasteiger partial charge >= 0.3 is 0 Å². The molecule has 0 fully saturated rings. The predicted octanol–water partition coefficient (Wildman–Crippen LogP) is 1.91. The molecule has 0 aliphatic heterocycles. The molecule has 1 heterocycles. The summed E-state index contributed by atoms with van der Waals surface area (Å²) in [6.07, 6.45) is 0. The third-order valence-corrected chi connectivity index (χ3v) is 2.53. The number of fused-ring (bicyclic) bond motifs is 1. The Bertz CT molecular complexity index is 598. The highest BCUT2D eigenvalue weighted by atomic mass is 16.7. The summed E-state index contributed by atoms with van der Waals surface area (Å²) in [5, 5.41) is 8.04. The molecule has 0 aliphatic carbocycles. The number of carbonyl (C=O) groups excluding carboxylic acids is 1. The largest absolute Gasteiger partial charge is 0.274 e. The van der Waals surface area contributed by atoms with E-state index in [1.165, 1.54) is 0 Å². The fourth-order valence-corrected chi connectivity index (χ4v) is 1.61. The maximum atomic E-state index is 11.9. The molecule has 6 nitrogen and oxygen atoms in total. The van der Waals surface area contributed by atoms with Crippen molar-refractivity contribution in [2.45, 2.75) is 39.8 Å². The molecule has 1 N–H and O–H groups in total. The molecule has 0 saturated heterocycles. The Kier molecular flexibility index (Phi) is 3.53. The van der Waals surface area contributed by atoms with Gasteiger partial charge in [-0.1, -0.05) is 5.21 Å². The van der Waals surface area contributed by atoms with Gasteiger partial charge in [-0.25, -0.2) is 10.2 Å². The van der Waals surface area contributed by atoms with Gasteiger partial charge in [-0.3, -0.25) is 9.63 Å². The minimum absolute atomic E-state index is 0.289. The van der Waals surface area contributed by atoms with E-state index < -0.39 is 5.60 Å². The second kappa shape index (κ2) is 4.97. The highest BCUT2D eigenvalue weighted by molar-refractivity contribution is 5.96. The van der Waals surface area contributed by atoms with Crippen LogP contribution in [0.15, 0.2) is 18.2 Å². The molecule has 0 bridgehead atoms. The van der Waals surface area contributed by atoms with E-state index in [0.29, 0.717) is 11.1 Å². The van der Waals surface area contributed by atoms with Crippen LogP contribution < -0.4 is 5.48 Å². The molecule has 6 heteroatoms. The first-order chi connectivity index (χ1) is 8.90. The Morgan fingerprint density at radius 1 is 1.42 bits per heavy atom. The first-order valence-electron chi connectivity index (χ1n) is 6.22. The minimum Gasteiger partial charge on any atom is -0.268 e. The van der Waals surface area contributed by atoms with Gasteiger partial charge in [-0.15, -0.1) is 5.10 Å². The van der Waals surface area contributed by atoms with Crippen LogP contribution in [-0.4, -0.2) is 26.5 Å². The number of hydroxylamine groups is 1. The summed E-state index contributed by atoms with van der Waals surface area (Å²) in [6.45, 7) is 8.33. The van der Waals surface area contributed by atoms with E-state index in [1.807, 2.05) is 33.8 Å². The van der Waals surface area contributed by atoms with Gasteiger partial charge in [0.2, 0.25) is 0 Å². The van der Waals surface area contributed by atoms with Gasteiger partial charge in [-0.2, -0.15) is 0 Å². The summed E-state index contributed by atoms with van der Waals surface area (Å²) in [6, 6.07) is 5.28. The van der Waals surface area contributed by atoms with E-state index >= 15 is 0 Å². The zero-order valence-electron chi connectivity index (χ0n) is 11.6. The molecule has 19 heavy (non-hydrogen) atoms. The number of carbonyl (C=O) groups is 1. The Hall–Kier alpha value is -1.95. The summed E-state index contributed by atoms with van der Waals surface area (Å²) in [4.78, 5) is 17.2. The third kappa shape index (κ3) is 3.08. The molecular formula is C13H18N4O2. The summed E-state index contributed by atoms with van der Waals surface area (Å²) in [5.41, 5.74) is 4.12. The SMILES string of the molecule is CCn1nnc2cc(C(=O)NOC(C)(C)C)ccc21. The van der Waals surface area contributed by atoms with E-state index in [4.69, 9.17) is 4.84 Å². The second-order valence-electron chi connectivity index (χ2n) is 5.25. The molecule has 0 radical (unpaired) electrons. The zero-order chi connectivity index (χ0) is 14.0. The Morgan fingerprint density at radius 3 is 2.79 bits per heavy atom. The lowest BCUT2D eigenvalue weighted by Gasteiger charge is -2.18. The topological polar surface area (TPSA) is 69.0 Å². The molecule has 1 amide bonds. The van der Waals surface area contributed by atoms with Gasteiger partial charge in [-0.05, 0) is 45.9 Å². The number of hydrogen-bond donors (Lipinski definition) is 1. The number of nitrogens with one attached hydrogen (secondary N) is 1. The number of aromatic nitrogens is 3. The summed E-state index contributed by atoms with van der Waals surface area (Å²) >= 11 is 0. The van der Waals surface area contributed by atoms with Crippen molar-refractivity contribution in [2.24, 2.45) is 0 Å². The van der Waals surface area contributed by atoms with Crippen LogP contribution in [0.25, 0.3) is 11.0 Å². The molecular weight excluding hydrogens is 244 g/mol. The molecule has 0 spiro atoms. The number of aryl methyl sites for hydroxylation is 1. The molecule has 0 saturated carbocycles. The normalized spacial score (nSPS) is 11.8. The van der Waals surface area contributed by atoms with E-state index in [1.54, 1.807) is 16.8 Å². The fraction of sp³-hybridized carbons (Fsp3) is 0.462. The van der Waals surface area contributed by atoms with Crippen molar-refractivity contribution >= 4 is 16.9 Å². The van der Waals surface area contributed by atoms with Gasteiger partial charge in [0.25, 0.3) is 5.91 Å². The second-order valence-corrected chi connectivity index (χ2v) is 5.25. The van der Waals surface area contributed by atoms with E-state index in [0.717, 1.165) is 12.1 Å². The fourth-order valence-electron chi connectivity index (χ4n) is 1.61. The maximum Gasteiger partial charge on any atom is 0.274 e. The number of hydrogen-bond acceptors (Lipinski definition) is 4. The first-order valence-corrected chi connectivity index (χ1v) is 6.22. The quantitative estimate of drug-likeness (QED) is 0.858. The third-order valence-electron chi connectivity index (χ3n) is 2.53. The van der Waals surface area contributed by atoms with Crippen molar-refractivity contribution in [1.29, 1.82) is 0 Å². The molecule has 2 aromatic rings. The summed E-state index contributed by atoms with van der Waals surface area (Å²) in [7, 11) is 0. The van der Waals surface area contributed by atoms with Crippen LogP contribution in [0, 0.1) is 0 Å². The van der Waals surface area contributed by atoms with E-state index in [2.05, 4.69) is 15.8 Å². The van der Waals surface area contributed by atoms with E-state index in [-0.39, 0.29) is 5.91 Å². The van der Waals surface area contributed by atoms with Gasteiger partial charge in [0.15, 0.2) is 0 Å². The molecule has 1 aromatic carbocycles. The van der Waals surface area contributed by atoms with Gasteiger partial charge in [0.05, 0.1) is 11.1 Å². The lowest BCUT2D eigenvalue weighted by molar-refractivity contribution is -0.0589. The average Bonchev–Trinajstić information content (AvgIpc) is 2.77. The van der Waals surface area contributed by atoms with Crippen LogP contribution in [0.3, 0.4) is 0 Å². The minimum atomic E-state index is -0.425. The highest BCUT2D eigenvalue weighted by Crippen LogP contribution is 2.14. The van der Waals surface area contributed by atoms with Gasteiger partial charge in [0.1, 0.15) is 5.52 Å². The molecule has 0 atom stereocenters. The van der Waals surface area contributed by atoms with Crippen LogP contribution in [0.2, 0.25) is 0 Å². The van der Waals surface area contributed by atoms with Crippen molar-refractivity contribution in [2.75, 3.05) is 0 Å². The van der Waals surface area contributed by atoms with Crippen LogP contribution in [-0.2, 0) is 11.4 Å². The van der Waals surface area contributed by atoms with Crippen LogP contribution in [0.4, 0.5) is 0 Å². The van der Waals surface area contributed by atoms with Crippen molar-refractivity contribution in [1.82, 2.24) is 20.5 Å². The molecule has 2 rings (SSSR count). The molecule has 1 aromatic heterocycles. The number of nitrogens with zero attached hydrogens (tertiary/aromatic N) is 3. The van der Waals surface area contributed by atoms with Crippen molar-refractivity contribution < 1.29 is 9.63 Å². The average molecular weight is 262 g/mol. The standard InChI is InChI=1S/C13H18N4O2/c1-5-17-11-7-6-9(8-10(11)14-16-17)12(18)15-19-13(2,3)4/h6-8H,5H2,1-4H3,(H,15,18). The maximum absolute atomic E-state index is 11.9. The van der Waals surface area contributed by atoms with Crippen LogP contribution >= 0.6 is 0 Å². The van der Waals surface area contributed by atoms with E-state index in [9.17, 15) is 4.79 Å². The summed E-state index contributed by atoms with van der Waals surface area (Å²) < 4.78 is 1.78. The zero-order valence-corrected chi connectivity index (χ0v) is 11.6. The number of benzene rings is 1. The predicted molar refractivity (Wildman–Crippen MR) is 71.5 cm³/mol. The van der Waals surface area contributed by atoms with Crippen LogP contribution in [0.1, 0.15) is 38.1 Å². The molecule has 0 aliphatic rings. The van der Waals surface area contributed by atoms with Crippen molar-refractivity contribution in [3.8, 4) is 0 Å². The van der Waals surface area contributed by atoms with Crippen LogP contribution in [0.5, 0.6) is 0 Å². The summed E-state index contributed by atoms with van der Waals surface area (Å²) in [5.74, 6) is -0.289. The Balaban J connectivity index is 2.19. The highest BCUT2D eigenvalue weighted by Gasteiger charge is 2.15. The lowest BCUT2D eigenvalue weighted by atomic mass is 10.2. The lowest BCUT2D eigenvalue weighted by Crippen LogP contribution is -2.33. The number of rotatable bonds is 3. The Labute approximate surface area is 111 Å². The monoisotopic (exact) mass is 262 g/mol. The first kappa shape index (κ1) is 13.5. The molecule has 0 unspecified atom stereocenters. The van der Waals surface area contributed by atoms with Crippen molar-refractivity contribution in [3.63, 3.8) is 0 Å². The van der Waals surface area contributed by atoms with Gasteiger partial charge < -0.3 is 0 Å². The number of amides is 1.